The summed E-state index contributed by atoms with van der Waals surface area (Å²) in [5, 5.41) is 6.37. The monoisotopic (exact) mass is 498 g/mol. The largest absolute Gasteiger partial charge is 0.301 e. The van der Waals surface area contributed by atoms with Crippen molar-refractivity contribution in [2.75, 3.05) is 11.1 Å². The molecule has 9 heteroatoms. The van der Waals surface area contributed by atoms with Crippen molar-refractivity contribution in [2.45, 2.75) is 4.90 Å². The van der Waals surface area contributed by atoms with Crippen LogP contribution >= 0.6 is 46.3 Å². The van der Waals surface area contributed by atoms with Gasteiger partial charge in [0.15, 0.2) is 5.13 Å². The van der Waals surface area contributed by atoms with Crippen molar-refractivity contribution in [3.05, 3.63) is 88.0 Å². The van der Waals surface area contributed by atoms with Gasteiger partial charge in [-0.05, 0) is 36.4 Å². The Labute approximate surface area is 203 Å². The molecule has 1 amide bonds. The van der Waals surface area contributed by atoms with Gasteiger partial charge in [-0.15, -0.1) is 23.1 Å². The number of amides is 1. The van der Waals surface area contributed by atoms with Crippen LogP contribution in [0.25, 0.3) is 11.3 Å². The van der Waals surface area contributed by atoms with E-state index in [2.05, 4.69) is 20.3 Å². The summed E-state index contributed by atoms with van der Waals surface area (Å²) in [7, 11) is 0. The Balaban J connectivity index is 1.38. The Kier molecular flexibility index (Phi) is 7.55. The molecule has 32 heavy (non-hydrogen) atoms. The van der Waals surface area contributed by atoms with Gasteiger partial charge in [0.05, 0.1) is 17.1 Å². The van der Waals surface area contributed by atoms with E-state index in [4.69, 9.17) is 23.2 Å². The van der Waals surface area contributed by atoms with Gasteiger partial charge < -0.3 is 5.32 Å². The van der Waals surface area contributed by atoms with Gasteiger partial charge in [0.1, 0.15) is 5.15 Å². The zero-order chi connectivity index (χ0) is 22.3. The van der Waals surface area contributed by atoms with Gasteiger partial charge >= 0.3 is 0 Å². The summed E-state index contributed by atoms with van der Waals surface area (Å²) >= 11 is 14.8. The molecule has 5 nitrogen and oxygen atoms in total. The van der Waals surface area contributed by atoms with Crippen molar-refractivity contribution in [1.29, 1.82) is 0 Å². The Morgan fingerprint density at radius 2 is 1.91 bits per heavy atom. The van der Waals surface area contributed by atoms with Crippen molar-refractivity contribution in [3.63, 3.8) is 0 Å². The Bertz CT molecular complexity index is 1260. The average Bonchev–Trinajstić information content (AvgIpc) is 3.26. The van der Waals surface area contributed by atoms with Crippen molar-refractivity contribution in [1.82, 2.24) is 9.97 Å². The fourth-order valence-electron chi connectivity index (χ4n) is 2.70. The zero-order valence-electron chi connectivity index (χ0n) is 16.5. The molecule has 0 unspecified atom stereocenters. The minimum absolute atomic E-state index is 0.138. The number of rotatable bonds is 7. The maximum Gasteiger partial charge on any atom is 0.236 e. The van der Waals surface area contributed by atoms with E-state index in [0.29, 0.717) is 15.3 Å². The van der Waals surface area contributed by atoms with Gasteiger partial charge in [-0.25, -0.2) is 9.97 Å². The number of halogens is 2. The quantitative estimate of drug-likeness (QED) is 0.169. The van der Waals surface area contributed by atoms with Gasteiger partial charge in [0, 0.05) is 38.8 Å². The molecule has 0 saturated heterocycles. The maximum atomic E-state index is 12.5. The van der Waals surface area contributed by atoms with Gasteiger partial charge in [0.2, 0.25) is 5.91 Å². The highest BCUT2D eigenvalue weighted by atomic mass is 35.5. The zero-order valence-corrected chi connectivity index (χ0v) is 19.7. The maximum absolute atomic E-state index is 12.5. The van der Waals surface area contributed by atoms with E-state index in [1.165, 1.54) is 23.1 Å². The topological polar surface area (TPSA) is 67.2 Å². The summed E-state index contributed by atoms with van der Waals surface area (Å²) in [6.07, 6.45) is 3.30. The molecule has 0 radical (unpaired) electrons. The molecular formula is C23H16Cl2N4OS2. The van der Waals surface area contributed by atoms with Gasteiger partial charge in [-0.2, -0.15) is 0 Å². The lowest BCUT2D eigenvalue weighted by atomic mass is 10.2. The molecule has 0 aliphatic heterocycles. The fraction of sp³-hybridized carbons (Fsp3) is 0.0435. The van der Waals surface area contributed by atoms with E-state index in [0.717, 1.165) is 27.4 Å². The van der Waals surface area contributed by atoms with Crippen LogP contribution in [0.3, 0.4) is 0 Å². The predicted octanol–water partition coefficient (Wildman–Crippen LogP) is 6.99. The number of carbonyl (C=O) groups excluding carboxylic acids is 1. The summed E-state index contributed by atoms with van der Waals surface area (Å²) in [4.78, 5) is 26.4. The lowest BCUT2D eigenvalue weighted by Gasteiger charge is -2.05. The number of pyridine rings is 1. The second-order valence-corrected chi connectivity index (χ2v) is 9.16. The molecule has 0 aliphatic rings. The van der Waals surface area contributed by atoms with E-state index in [-0.39, 0.29) is 11.7 Å². The normalized spacial score (nSPS) is 11.1. The number of thioether (sulfide) groups is 1. The van der Waals surface area contributed by atoms with Crippen LogP contribution in [0.5, 0.6) is 0 Å². The number of nitrogens with zero attached hydrogens (tertiary/aromatic N) is 3. The van der Waals surface area contributed by atoms with E-state index >= 15 is 0 Å². The Morgan fingerprint density at radius 1 is 1.09 bits per heavy atom. The van der Waals surface area contributed by atoms with Gasteiger partial charge in [-0.1, -0.05) is 47.5 Å². The molecule has 0 atom stereocenters. The summed E-state index contributed by atoms with van der Waals surface area (Å²) in [5.74, 6) is 0.0943. The highest BCUT2D eigenvalue weighted by Gasteiger charge is 2.10. The predicted molar refractivity (Wildman–Crippen MR) is 135 cm³/mol. The lowest BCUT2D eigenvalue weighted by molar-refractivity contribution is -0.113. The number of para-hydroxylation sites is 1. The molecule has 2 aromatic heterocycles. The summed E-state index contributed by atoms with van der Waals surface area (Å²) in [5.41, 5.74) is 3.22. The molecule has 0 aliphatic carbocycles. The van der Waals surface area contributed by atoms with E-state index in [9.17, 15) is 4.79 Å². The van der Waals surface area contributed by atoms with Crippen molar-refractivity contribution < 1.29 is 4.79 Å². The lowest BCUT2D eigenvalue weighted by Crippen LogP contribution is -2.13. The molecule has 4 aromatic rings. The summed E-state index contributed by atoms with van der Waals surface area (Å²) in [6.45, 7) is 0. The van der Waals surface area contributed by atoms with E-state index < -0.39 is 0 Å². The first-order chi connectivity index (χ1) is 15.6. The highest BCUT2D eigenvalue weighted by molar-refractivity contribution is 8.00. The number of aliphatic imine (C=N–C) groups is 1. The second kappa shape index (κ2) is 10.7. The second-order valence-electron chi connectivity index (χ2n) is 6.49. The van der Waals surface area contributed by atoms with Crippen LogP contribution in [0.15, 0.2) is 82.1 Å². The smallest absolute Gasteiger partial charge is 0.236 e. The third-order valence-corrected chi connectivity index (χ3v) is 6.63. The molecule has 0 fully saturated rings. The molecule has 2 aromatic carbocycles. The van der Waals surface area contributed by atoms with Crippen LogP contribution in [-0.4, -0.2) is 27.8 Å². The van der Waals surface area contributed by atoms with Crippen LogP contribution in [-0.2, 0) is 4.79 Å². The third kappa shape index (κ3) is 5.95. The summed E-state index contributed by atoms with van der Waals surface area (Å²) < 4.78 is 0. The molecule has 4 rings (SSSR count). The molecule has 1 N–H and O–H groups in total. The third-order valence-electron chi connectivity index (χ3n) is 4.25. The molecule has 2 heterocycles. The number of hydrogen-bond acceptors (Lipinski definition) is 6. The van der Waals surface area contributed by atoms with Crippen LogP contribution in [0.2, 0.25) is 10.2 Å². The minimum atomic E-state index is -0.138. The van der Waals surface area contributed by atoms with Gasteiger partial charge in [0.25, 0.3) is 0 Å². The van der Waals surface area contributed by atoms with Gasteiger partial charge in [-0.3, -0.25) is 9.79 Å². The minimum Gasteiger partial charge on any atom is -0.301 e. The fourth-order valence-corrected chi connectivity index (χ4v) is 4.53. The molecular weight excluding hydrogens is 483 g/mol. The van der Waals surface area contributed by atoms with Crippen molar-refractivity contribution in [3.8, 4) is 11.3 Å². The molecule has 160 valence electrons. The number of aromatic nitrogens is 2. The van der Waals surface area contributed by atoms with Crippen LogP contribution in [0, 0.1) is 0 Å². The van der Waals surface area contributed by atoms with E-state index in [1.807, 2.05) is 60.0 Å². The van der Waals surface area contributed by atoms with Crippen molar-refractivity contribution >= 4 is 69.2 Å². The Hall–Kier alpha value is -2.71. The highest BCUT2D eigenvalue weighted by Crippen LogP contribution is 2.30. The first-order valence-corrected chi connectivity index (χ1v) is 12.1. The number of benzene rings is 2. The molecule has 0 saturated carbocycles. The average molecular weight is 499 g/mol. The van der Waals surface area contributed by atoms with Crippen LogP contribution in [0.1, 0.15) is 5.56 Å². The SMILES string of the molecule is O=C(CSc1ccccc1N=Cc1cccnc1Cl)Nc1nc(-c2ccc(Cl)cc2)cs1. The molecule has 0 bridgehead atoms. The molecule has 0 spiro atoms. The first-order valence-electron chi connectivity index (χ1n) is 9.46. The first kappa shape index (κ1) is 22.5. The van der Waals surface area contributed by atoms with E-state index in [1.54, 1.807) is 18.5 Å². The Morgan fingerprint density at radius 3 is 2.72 bits per heavy atom. The van der Waals surface area contributed by atoms with Crippen molar-refractivity contribution in [2.24, 2.45) is 4.99 Å². The number of carbonyl (C=O) groups is 1. The van der Waals surface area contributed by atoms with Crippen LogP contribution in [0.4, 0.5) is 10.8 Å². The standard InChI is InChI=1S/C23H16Cl2N4OS2/c24-17-9-7-15(8-10-17)19-13-32-23(28-19)29-21(30)14-31-20-6-2-1-5-18(20)27-12-16-4-3-11-26-22(16)25/h1-13H,14H2,(H,28,29,30). The van der Waals surface area contributed by atoms with Crippen LogP contribution < -0.4 is 5.32 Å². The number of hydrogen-bond donors (Lipinski definition) is 1. The number of anilines is 1. The number of thiazole rings is 1. The number of nitrogens with one attached hydrogen (secondary N) is 1. The summed E-state index contributed by atoms with van der Waals surface area (Å²) in [6, 6.07) is 18.7.